The van der Waals surface area contributed by atoms with Crippen molar-refractivity contribution in [2.45, 2.75) is 316 Å². The van der Waals surface area contributed by atoms with Gasteiger partial charge in [-0.3, -0.25) is 0 Å². The third-order valence-corrected chi connectivity index (χ3v) is 23.4. The van der Waals surface area contributed by atoms with Crippen molar-refractivity contribution in [2.24, 2.45) is 28.6 Å². The van der Waals surface area contributed by atoms with Crippen LogP contribution < -0.4 is 0 Å². The molecule has 0 bridgehead atoms. The Kier molecular flexibility index (Phi) is 24.5. The monoisotopic (exact) mass is 1360 g/mol. The molecule has 3 saturated carbocycles. The van der Waals surface area contributed by atoms with Crippen LogP contribution in [0.1, 0.15) is 120 Å². The van der Waals surface area contributed by atoms with Crippen molar-refractivity contribution in [3.05, 3.63) is 23.3 Å². The third-order valence-electron chi connectivity index (χ3n) is 23.4. The van der Waals surface area contributed by atoms with Crippen LogP contribution in [0.25, 0.3) is 0 Å². The molecule has 29 nitrogen and oxygen atoms in total. The first-order valence-corrected chi connectivity index (χ1v) is 33.9. The summed E-state index contributed by atoms with van der Waals surface area (Å²) in [5, 5.41) is 122. The van der Waals surface area contributed by atoms with Crippen molar-refractivity contribution in [1.82, 2.24) is 0 Å². The number of aliphatic hydroxyl groups is 11. The van der Waals surface area contributed by atoms with E-state index in [9.17, 15) is 61.0 Å². The van der Waals surface area contributed by atoms with Crippen LogP contribution in [0.3, 0.4) is 0 Å². The molecule has 4 aliphatic carbocycles. The predicted molar refractivity (Wildman–Crippen MR) is 326 cm³/mol. The van der Waals surface area contributed by atoms with Crippen molar-refractivity contribution in [2.75, 3.05) is 41.7 Å². The third kappa shape index (κ3) is 14.3. The molecule has 10 aliphatic rings. The minimum Gasteiger partial charge on any atom is -0.459 e. The Hall–Kier alpha value is -2.13. The minimum atomic E-state index is -1.89. The average molecular weight is 1370 g/mol. The van der Waals surface area contributed by atoms with Crippen LogP contribution in [0.5, 0.6) is 0 Å². The van der Waals surface area contributed by atoms with E-state index >= 15 is 0 Å². The highest BCUT2D eigenvalue weighted by atomic mass is 16.8. The first-order valence-electron chi connectivity index (χ1n) is 33.9. The Labute approximate surface area is 555 Å². The maximum atomic E-state index is 12.8. The summed E-state index contributed by atoms with van der Waals surface area (Å²) < 4.78 is 105. The summed E-state index contributed by atoms with van der Waals surface area (Å²) in [5.41, 5.74) is -0.421. The van der Waals surface area contributed by atoms with Crippen LogP contribution in [0.4, 0.5) is 0 Å². The van der Waals surface area contributed by atoms with Crippen LogP contribution >= 0.6 is 0 Å². The number of fused-ring (bicyclic) bond motifs is 5. The van der Waals surface area contributed by atoms with Gasteiger partial charge in [0.25, 0.3) is 0 Å². The lowest BCUT2D eigenvalue weighted by Crippen LogP contribution is -2.67. The summed E-state index contributed by atoms with van der Waals surface area (Å²) in [6, 6.07) is 0. The predicted octanol–water partition coefficient (Wildman–Crippen LogP) is -0.360. The van der Waals surface area contributed by atoms with Crippen LogP contribution in [0.2, 0.25) is 0 Å². The zero-order chi connectivity index (χ0) is 69.1. The molecular weight excluding hydrogens is 1260 g/mol. The molecule has 95 heavy (non-hydrogen) atoms. The SMILES string of the molecule is CC=C(C)C(=O)OC(C)C1CCC2(O)C3CC=C4CC(OC5CC(OC)C(OC6CC(OC)C(OC7OC(C)C(OC8OC(C)C(OC9OC(CO)C(O)C(OC%10OC(CO)C(O)C(O)C%10O)C9O)C(OC)C8O)C(OC)C7O)C(C)O6)C(C)O5)CCC4(C)C3CC(O)C12C. The van der Waals surface area contributed by atoms with E-state index in [4.69, 9.17) is 80.5 Å². The van der Waals surface area contributed by atoms with Crippen molar-refractivity contribution in [1.29, 1.82) is 0 Å². The van der Waals surface area contributed by atoms with Gasteiger partial charge in [0.05, 0.1) is 67.6 Å². The van der Waals surface area contributed by atoms with E-state index in [1.807, 2.05) is 20.8 Å². The van der Waals surface area contributed by atoms with E-state index in [-0.39, 0.29) is 41.7 Å². The largest absolute Gasteiger partial charge is 0.459 e. The first-order chi connectivity index (χ1) is 45.0. The molecule has 0 amide bonds. The summed E-state index contributed by atoms with van der Waals surface area (Å²) >= 11 is 0. The lowest BCUT2D eigenvalue weighted by atomic mass is 9.45. The van der Waals surface area contributed by atoms with Crippen LogP contribution in [-0.4, -0.2) is 300 Å². The van der Waals surface area contributed by atoms with E-state index < -0.39 is 208 Å². The number of carbonyl (C=O) groups excluding carboxylic acids is 1. The second-order valence-electron chi connectivity index (χ2n) is 28.6. The first kappa shape index (κ1) is 75.5. The molecule has 11 N–H and O–H groups in total. The molecule has 37 atom stereocenters. The molecule has 9 fully saturated rings. The number of hydrogen-bond donors (Lipinski definition) is 11. The van der Waals surface area contributed by atoms with Gasteiger partial charge in [0.1, 0.15) is 104 Å². The topological polar surface area (TPSA) is 397 Å². The van der Waals surface area contributed by atoms with E-state index in [0.29, 0.717) is 44.1 Å². The number of hydrogen-bond acceptors (Lipinski definition) is 29. The van der Waals surface area contributed by atoms with Crippen molar-refractivity contribution in [3.8, 4) is 0 Å². The summed E-state index contributed by atoms with van der Waals surface area (Å²) in [7, 11) is 5.82. The summed E-state index contributed by atoms with van der Waals surface area (Å²) in [5.74, 6) is -0.582. The van der Waals surface area contributed by atoms with Gasteiger partial charge in [0.15, 0.2) is 37.7 Å². The number of esters is 1. The molecule has 6 saturated heterocycles. The van der Waals surface area contributed by atoms with Crippen molar-refractivity contribution >= 4 is 5.97 Å². The second-order valence-corrected chi connectivity index (χ2v) is 28.6. The molecule has 10 rings (SSSR count). The number of methoxy groups -OCH3 is 4. The second kappa shape index (κ2) is 30.8. The fourth-order valence-electron chi connectivity index (χ4n) is 17.6. The van der Waals surface area contributed by atoms with E-state index in [1.54, 1.807) is 47.8 Å². The van der Waals surface area contributed by atoms with Crippen LogP contribution in [0, 0.1) is 28.6 Å². The lowest BCUT2D eigenvalue weighted by molar-refractivity contribution is -0.390. The molecule has 37 unspecified atom stereocenters. The molecule has 29 heteroatoms. The van der Waals surface area contributed by atoms with Gasteiger partial charge in [-0.25, -0.2) is 4.79 Å². The number of allylic oxidation sites excluding steroid dienone is 2. The van der Waals surface area contributed by atoms with Gasteiger partial charge >= 0.3 is 5.97 Å². The standard InChI is InChI=1S/C66H108O29/c1-14-27(2)59(77)85-28(3)35-18-20-66(78)36-16-15-33-21-34(17-19-64(33,8)37(36)22-42(69)65(35,66)9)88-43-23-38(79-10)52(29(4)83-43)91-44-24-39(80-11)53(30(5)84-44)92-61-50(75)57(81-12)54(31(6)86-61)93-62-51(76)58(82-13)55(32(7)87-62)94-63-49(74)56(46(71)41(26-68)90-63)95-60-48(73)47(72)45(70)40(25-67)89-60/h14-15,28-32,34-58,60-63,67-76,78H,16-26H2,1-13H3. The maximum absolute atomic E-state index is 12.8. The zero-order valence-electron chi connectivity index (χ0n) is 56.8. The molecule has 6 aliphatic heterocycles. The summed E-state index contributed by atoms with van der Waals surface area (Å²) in [6.45, 7) is 15.1. The lowest BCUT2D eigenvalue weighted by Gasteiger charge is -2.63. The smallest absolute Gasteiger partial charge is 0.333 e. The number of carbonyl (C=O) groups is 1. The Morgan fingerprint density at radius 1 is 0.568 bits per heavy atom. The Bertz CT molecular complexity index is 2590. The Balaban J connectivity index is 0.708. The molecule has 0 spiro atoms. The molecule has 6 heterocycles. The average Bonchev–Trinajstić information content (AvgIpc) is 1.64. The molecule has 546 valence electrons. The van der Waals surface area contributed by atoms with Gasteiger partial charge in [0.2, 0.25) is 0 Å². The molecule has 0 aromatic carbocycles. The highest BCUT2D eigenvalue weighted by Gasteiger charge is 2.71. The van der Waals surface area contributed by atoms with Crippen LogP contribution in [0.15, 0.2) is 23.3 Å². The zero-order valence-corrected chi connectivity index (χ0v) is 56.8. The quantitative estimate of drug-likeness (QED) is 0.0397. The van der Waals surface area contributed by atoms with Gasteiger partial charge in [-0.05, 0) is 111 Å². The van der Waals surface area contributed by atoms with Gasteiger partial charge in [0, 0.05) is 58.2 Å². The van der Waals surface area contributed by atoms with Gasteiger partial charge in [-0.1, -0.05) is 31.6 Å². The summed E-state index contributed by atoms with van der Waals surface area (Å²) in [4.78, 5) is 12.8. The highest BCUT2D eigenvalue weighted by molar-refractivity contribution is 5.87. The van der Waals surface area contributed by atoms with E-state index in [2.05, 4.69) is 13.0 Å². The summed E-state index contributed by atoms with van der Waals surface area (Å²) in [6.07, 6.45) is -26.6. The fourth-order valence-corrected chi connectivity index (χ4v) is 17.6. The van der Waals surface area contributed by atoms with Crippen LogP contribution in [-0.2, 0) is 85.3 Å². The van der Waals surface area contributed by atoms with E-state index in [0.717, 1.165) is 12.8 Å². The number of ether oxygens (including phenoxy) is 17. The molecule has 0 radical (unpaired) electrons. The Morgan fingerprint density at radius 3 is 1.59 bits per heavy atom. The maximum Gasteiger partial charge on any atom is 0.333 e. The highest BCUT2D eigenvalue weighted by Crippen LogP contribution is 2.69. The van der Waals surface area contributed by atoms with E-state index in [1.165, 1.54) is 26.9 Å². The molecule has 0 aromatic heterocycles. The molecular formula is C66H108O29. The minimum absolute atomic E-state index is 0.0546. The molecule has 0 aromatic rings. The fraction of sp³-hybridized carbons (Fsp3) is 0.924. The number of aliphatic hydroxyl groups excluding tert-OH is 10. The van der Waals surface area contributed by atoms with Gasteiger partial charge in [-0.2, -0.15) is 0 Å². The normalized spacial score (nSPS) is 51.6. The van der Waals surface area contributed by atoms with Crippen molar-refractivity contribution < 1.29 is 141 Å². The Morgan fingerprint density at radius 2 is 1.05 bits per heavy atom. The van der Waals surface area contributed by atoms with Gasteiger partial charge < -0.3 is 137 Å². The van der Waals surface area contributed by atoms with Crippen molar-refractivity contribution in [3.63, 3.8) is 0 Å². The number of rotatable bonds is 21. The van der Waals surface area contributed by atoms with Gasteiger partial charge in [-0.15, -0.1) is 0 Å².